The van der Waals surface area contributed by atoms with Gasteiger partial charge in [-0.15, -0.1) is 0 Å². The molecule has 0 amide bonds. The van der Waals surface area contributed by atoms with E-state index in [1.165, 1.54) is 29.2 Å². The number of ether oxygens (including phenoxy) is 1. The molecular formula is C19H19F3N2O4. The van der Waals surface area contributed by atoms with Crippen molar-refractivity contribution >= 4 is 11.9 Å². The monoisotopic (exact) mass is 396 g/mol. The van der Waals surface area contributed by atoms with Crippen LogP contribution in [0.5, 0.6) is 0 Å². The number of hydrogen-bond donors (Lipinski definition) is 3. The highest BCUT2D eigenvalue weighted by molar-refractivity contribution is 5.80. The standard InChI is InChI=1S/C17H18N2O2.C2HF3O2/c1-17(18,19)16(20)21-10-12-6-4-8-14-13-7-3-2-5-11(13)9-15(12)14;3-2(4,5)1(6)7/h2-8H,9-10,18-19H2,1H3;(H,6,7). The van der Waals surface area contributed by atoms with E-state index in [4.69, 9.17) is 26.1 Å². The molecule has 5 N–H and O–H groups in total. The van der Waals surface area contributed by atoms with Crippen LogP contribution in [0.3, 0.4) is 0 Å². The van der Waals surface area contributed by atoms with Crippen LogP contribution in [-0.2, 0) is 27.4 Å². The van der Waals surface area contributed by atoms with Gasteiger partial charge in [0.2, 0.25) is 0 Å². The Morgan fingerprint density at radius 3 is 2.21 bits per heavy atom. The van der Waals surface area contributed by atoms with Crippen molar-refractivity contribution in [1.29, 1.82) is 0 Å². The third-order valence-corrected chi connectivity index (χ3v) is 3.99. The molecule has 2 aromatic rings. The molecule has 0 unspecified atom stereocenters. The molecule has 0 radical (unpaired) electrons. The maximum Gasteiger partial charge on any atom is 0.490 e. The summed E-state index contributed by atoms with van der Waals surface area (Å²) >= 11 is 0. The lowest BCUT2D eigenvalue weighted by atomic mass is 10.0. The van der Waals surface area contributed by atoms with Gasteiger partial charge in [-0.2, -0.15) is 13.2 Å². The molecular weight excluding hydrogens is 377 g/mol. The summed E-state index contributed by atoms with van der Waals surface area (Å²) in [4.78, 5) is 20.6. The van der Waals surface area contributed by atoms with Crippen molar-refractivity contribution in [2.24, 2.45) is 11.5 Å². The average Bonchev–Trinajstić information content (AvgIpc) is 2.98. The minimum Gasteiger partial charge on any atom is -0.475 e. The smallest absolute Gasteiger partial charge is 0.475 e. The maximum atomic E-state index is 11.7. The van der Waals surface area contributed by atoms with Gasteiger partial charge in [0.05, 0.1) is 0 Å². The van der Waals surface area contributed by atoms with Gasteiger partial charge in [-0.1, -0.05) is 42.5 Å². The number of hydrogen-bond acceptors (Lipinski definition) is 5. The Labute approximate surface area is 158 Å². The van der Waals surface area contributed by atoms with Gasteiger partial charge in [0.1, 0.15) is 6.61 Å². The Morgan fingerprint density at radius 2 is 1.64 bits per heavy atom. The van der Waals surface area contributed by atoms with Crippen LogP contribution in [0.1, 0.15) is 23.6 Å². The first-order valence-corrected chi connectivity index (χ1v) is 8.15. The van der Waals surface area contributed by atoms with Gasteiger partial charge in [-0.05, 0) is 41.2 Å². The first-order valence-electron chi connectivity index (χ1n) is 8.15. The first kappa shape index (κ1) is 21.4. The second-order valence-electron chi connectivity index (χ2n) is 6.44. The Hall–Kier alpha value is -2.91. The van der Waals surface area contributed by atoms with Gasteiger partial charge in [0, 0.05) is 0 Å². The van der Waals surface area contributed by atoms with Crippen molar-refractivity contribution in [3.05, 3.63) is 59.2 Å². The van der Waals surface area contributed by atoms with E-state index in [1.54, 1.807) is 0 Å². The topological polar surface area (TPSA) is 116 Å². The van der Waals surface area contributed by atoms with Crippen LogP contribution in [-0.4, -0.2) is 28.9 Å². The highest BCUT2D eigenvalue weighted by Crippen LogP contribution is 2.38. The molecule has 6 nitrogen and oxygen atoms in total. The summed E-state index contributed by atoms with van der Waals surface area (Å²) in [6.45, 7) is 1.63. The summed E-state index contributed by atoms with van der Waals surface area (Å²) < 4.78 is 37.0. The molecule has 1 aliphatic carbocycles. The number of nitrogens with two attached hydrogens (primary N) is 2. The van der Waals surface area contributed by atoms with Crippen molar-refractivity contribution in [2.45, 2.75) is 31.8 Å². The molecule has 0 saturated carbocycles. The zero-order chi connectivity index (χ0) is 21.1. The first-order chi connectivity index (χ1) is 12.9. The molecule has 0 saturated heterocycles. The van der Waals surface area contributed by atoms with Gasteiger partial charge in [0.15, 0.2) is 5.66 Å². The molecule has 150 valence electrons. The second-order valence-corrected chi connectivity index (χ2v) is 6.44. The summed E-state index contributed by atoms with van der Waals surface area (Å²) in [5, 5.41) is 7.12. The fraction of sp³-hybridized carbons (Fsp3) is 0.263. The summed E-state index contributed by atoms with van der Waals surface area (Å²) in [7, 11) is 0. The lowest BCUT2D eigenvalue weighted by molar-refractivity contribution is -0.192. The number of halogens is 3. The fourth-order valence-electron chi connectivity index (χ4n) is 2.66. The number of esters is 1. The van der Waals surface area contributed by atoms with Crippen LogP contribution in [0.2, 0.25) is 0 Å². The predicted molar refractivity (Wildman–Crippen MR) is 95.0 cm³/mol. The molecule has 0 aromatic heterocycles. The van der Waals surface area contributed by atoms with Crippen molar-refractivity contribution in [1.82, 2.24) is 0 Å². The van der Waals surface area contributed by atoms with E-state index < -0.39 is 23.8 Å². The van der Waals surface area contributed by atoms with E-state index in [-0.39, 0.29) is 6.61 Å². The number of carbonyl (C=O) groups excluding carboxylic acids is 1. The second kappa shape index (κ2) is 7.99. The molecule has 0 bridgehead atoms. The third-order valence-electron chi connectivity index (χ3n) is 3.99. The SMILES string of the molecule is CC(N)(N)C(=O)OCc1cccc2c1Cc1ccccc1-2.O=C(O)C(F)(F)F. The van der Waals surface area contributed by atoms with Crippen LogP contribution in [0.25, 0.3) is 11.1 Å². The van der Waals surface area contributed by atoms with Gasteiger partial charge in [-0.3, -0.25) is 0 Å². The van der Waals surface area contributed by atoms with E-state index in [1.807, 2.05) is 24.3 Å². The Kier molecular flexibility index (Phi) is 6.10. The van der Waals surface area contributed by atoms with Crippen LogP contribution >= 0.6 is 0 Å². The molecule has 0 spiro atoms. The zero-order valence-electron chi connectivity index (χ0n) is 14.9. The molecule has 3 rings (SSSR count). The van der Waals surface area contributed by atoms with Crippen LogP contribution in [0.15, 0.2) is 42.5 Å². The number of carbonyl (C=O) groups is 2. The highest BCUT2D eigenvalue weighted by atomic mass is 19.4. The van der Waals surface area contributed by atoms with E-state index in [0.717, 1.165) is 12.0 Å². The number of benzene rings is 2. The summed E-state index contributed by atoms with van der Waals surface area (Å²) in [5.74, 6) is -3.36. The maximum absolute atomic E-state index is 11.7. The number of fused-ring (bicyclic) bond motifs is 3. The largest absolute Gasteiger partial charge is 0.490 e. The number of alkyl halides is 3. The van der Waals surface area contributed by atoms with Gasteiger partial charge in [0.25, 0.3) is 0 Å². The summed E-state index contributed by atoms with van der Waals surface area (Å²) in [5.41, 5.74) is 15.6. The van der Waals surface area contributed by atoms with E-state index >= 15 is 0 Å². The Morgan fingerprint density at radius 1 is 1.07 bits per heavy atom. The molecule has 1 aliphatic rings. The average molecular weight is 396 g/mol. The normalized spacial score (nSPS) is 12.4. The molecule has 9 heteroatoms. The lowest BCUT2D eigenvalue weighted by Gasteiger charge is -2.17. The van der Waals surface area contributed by atoms with Crippen LogP contribution in [0.4, 0.5) is 13.2 Å². The molecule has 2 aromatic carbocycles. The Balaban J connectivity index is 0.000000345. The van der Waals surface area contributed by atoms with Crippen molar-refractivity contribution in [3.8, 4) is 11.1 Å². The quantitative estimate of drug-likeness (QED) is 0.463. The molecule has 0 fully saturated rings. The van der Waals surface area contributed by atoms with Gasteiger partial charge >= 0.3 is 18.1 Å². The van der Waals surface area contributed by atoms with E-state index in [2.05, 4.69) is 18.2 Å². The minimum absolute atomic E-state index is 0.194. The summed E-state index contributed by atoms with van der Waals surface area (Å²) in [6.07, 6.45) is -4.22. The highest BCUT2D eigenvalue weighted by Gasteiger charge is 2.38. The van der Waals surface area contributed by atoms with Crippen molar-refractivity contribution < 1.29 is 32.6 Å². The van der Waals surface area contributed by atoms with Crippen LogP contribution < -0.4 is 11.5 Å². The van der Waals surface area contributed by atoms with Crippen LogP contribution in [0, 0.1) is 0 Å². The van der Waals surface area contributed by atoms with Crippen molar-refractivity contribution in [3.63, 3.8) is 0 Å². The molecule has 28 heavy (non-hydrogen) atoms. The van der Waals surface area contributed by atoms with E-state index in [9.17, 15) is 18.0 Å². The summed E-state index contributed by atoms with van der Waals surface area (Å²) in [6, 6.07) is 14.4. The number of aliphatic carboxylic acids is 1. The lowest BCUT2D eigenvalue weighted by Crippen LogP contribution is -2.54. The molecule has 0 heterocycles. The number of rotatable bonds is 3. The zero-order valence-corrected chi connectivity index (χ0v) is 14.9. The number of carboxylic acids is 1. The molecule has 0 atom stereocenters. The molecule has 0 aliphatic heterocycles. The van der Waals surface area contributed by atoms with Gasteiger partial charge < -0.3 is 21.3 Å². The van der Waals surface area contributed by atoms with Crippen molar-refractivity contribution in [2.75, 3.05) is 0 Å². The fourth-order valence-corrected chi connectivity index (χ4v) is 2.66. The van der Waals surface area contributed by atoms with Gasteiger partial charge in [-0.25, -0.2) is 9.59 Å². The third kappa shape index (κ3) is 5.08. The minimum atomic E-state index is -5.08. The Bertz CT molecular complexity index is 889. The number of carboxylic acid groups (broad SMARTS) is 1. The predicted octanol–water partition coefficient (Wildman–Crippen LogP) is 2.57. The van der Waals surface area contributed by atoms with E-state index in [0.29, 0.717) is 0 Å².